The summed E-state index contributed by atoms with van der Waals surface area (Å²) in [6, 6.07) is 12.4. The van der Waals surface area contributed by atoms with E-state index in [1.54, 1.807) is 30.2 Å². The Hall–Kier alpha value is -6.06. The molecule has 6 amide bonds. The second kappa shape index (κ2) is 18.7. The van der Waals surface area contributed by atoms with E-state index in [9.17, 15) is 41.9 Å². The van der Waals surface area contributed by atoms with Crippen LogP contribution in [0.15, 0.2) is 60.8 Å². The lowest BCUT2D eigenvalue weighted by Crippen LogP contribution is -2.54. The number of carbonyl (C=O) groups excluding carboxylic acids is 6. The molecule has 16 heteroatoms. The number of nitrogens with one attached hydrogen (secondary N) is 2. The molecular formula is C43H46F3N5O8. The lowest BCUT2D eigenvalue weighted by atomic mass is 9.81. The van der Waals surface area contributed by atoms with Crippen molar-refractivity contribution in [3.63, 3.8) is 0 Å². The number of ether oxygens (including phenoxy) is 2. The lowest BCUT2D eigenvalue weighted by Gasteiger charge is -2.28. The van der Waals surface area contributed by atoms with E-state index in [4.69, 9.17) is 9.47 Å². The van der Waals surface area contributed by atoms with Gasteiger partial charge in [0.2, 0.25) is 17.7 Å². The van der Waals surface area contributed by atoms with Crippen LogP contribution in [-0.2, 0) is 27.3 Å². The SMILES string of the molecule is COc1cnc(C(=O)NCc2cccc(CC(=O)N(C)CCCCOc3ccc4c(c3)C(=O)N(C3CCC(=O)NC3=O)C4=O)c2)cc1/C=C/C1CCC(C(F)(F)F)CC1. The number of piperidine rings is 1. The Bertz CT molecular complexity index is 2130. The summed E-state index contributed by atoms with van der Waals surface area (Å²) in [6.45, 7) is 0.957. The molecule has 0 spiro atoms. The summed E-state index contributed by atoms with van der Waals surface area (Å²) >= 11 is 0. The van der Waals surface area contributed by atoms with Crippen LogP contribution < -0.4 is 20.1 Å². The Morgan fingerprint density at radius 3 is 2.44 bits per heavy atom. The highest BCUT2D eigenvalue weighted by Crippen LogP contribution is 2.40. The number of methoxy groups -OCH3 is 1. The normalized spacial score (nSPS) is 19.4. The predicted octanol–water partition coefficient (Wildman–Crippen LogP) is 5.66. The molecule has 1 saturated heterocycles. The van der Waals surface area contributed by atoms with Crippen LogP contribution in [0.4, 0.5) is 13.2 Å². The molecule has 1 atom stereocenters. The van der Waals surface area contributed by atoms with Crippen LogP contribution in [0.1, 0.15) is 99.3 Å². The molecule has 312 valence electrons. The van der Waals surface area contributed by atoms with Gasteiger partial charge in [-0.25, -0.2) is 4.98 Å². The van der Waals surface area contributed by atoms with Crippen LogP contribution in [0.2, 0.25) is 0 Å². The van der Waals surface area contributed by atoms with Crippen molar-refractivity contribution in [2.75, 3.05) is 27.3 Å². The molecule has 2 N–H and O–H groups in total. The third-order valence-corrected chi connectivity index (χ3v) is 10.9. The summed E-state index contributed by atoms with van der Waals surface area (Å²) in [5, 5.41) is 5.03. The van der Waals surface area contributed by atoms with Crippen LogP contribution in [0.5, 0.6) is 11.5 Å². The fourth-order valence-corrected chi connectivity index (χ4v) is 7.50. The minimum Gasteiger partial charge on any atom is -0.495 e. The molecule has 1 saturated carbocycles. The standard InChI is InChI=1S/C43H46F3N5O8/c1-50(18-3-4-19-59-31-14-15-32-33(23-31)42(57)51(41(32)56)35-16-17-37(52)49-40(35)55)38(53)21-27-6-5-7-28(20-27)24-48-39(54)34-22-29(36(58-2)25-47-34)11-8-26-9-12-30(13-10-26)43(44,45)46/h5-8,11,14-15,20,22-23,25-26,30,35H,3-4,9-10,12-13,16-19,21,24H2,1-2H3,(H,48,54)(H,49,52,55)/b11-8+. The van der Waals surface area contributed by atoms with Gasteiger partial charge in [-0.05, 0) is 86.3 Å². The maximum Gasteiger partial charge on any atom is 0.391 e. The summed E-state index contributed by atoms with van der Waals surface area (Å²) in [7, 11) is 3.19. The molecule has 2 aromatic carbocycles. The number of halogens is 3. The predicted molar refractivity (Wildman–Crippen MR) is 208 cm³/mol. The van der Waals surface area contributed by atoms with Gasteiger partial charge >= 0.3 is 6.18 Å². The number of fused-ring (bicyclic) bond motifs is 1. The third kappa shape index (κ3) is 10.5. The van der Waals surface area contributed by atoms with Crippen molar-refractivity contribution in [2.24, 2.45) is 11.8 Å². The van der Waals surface area contributed by atoms with Crippen LogP contribution in [0.25, 0.3) is 6.08 Å². The zero-order valence-electron chi connectivity index (χ0n) is 32.8. The number of allylic oxidation sites excluding steroid dienone is 1. The minimum atomic E-state index is -4.17. The van der Waals surface area contributed by atoms with E-state index < -0.39 is 47.7 Å². The molecule has 3 heterocycles. The first-order chi connectivity index (χ1) is 28.2. The molecule has 1 aromatic heterocycles. The number of carbonyl (C=O) groups is 6. The quantitative estimate of drug-likeness (QED) is 0.146. The van der Waals surface area contributed by atoms with Crippen molar-refractivity contribution in [1.29, 1.82) is 0 Å². The van der Waals surface area contributed by atoms with Crippen LogP contribution in [0.3, 0.4) is 0 Å². The summed E-state index contributed by atoms with van der Waals surface area (Å²) in [5.74, 6) is -3.27. The first kappa shape index (κ1) is 42.5. The van der Waals surface area contributed by atoms with Crippen molar-refractivity contribution < 1.29 is 51.4 Å². The summed E-state index contributed by atoms with van der Waals surface area (Å²) in [6.07, 6.45) is 3.48. The molecule has 0 radical (unpaired) electrons. The Labute approximate surface area is 339 Å². The van der Waals surface area contributed by atoms with Gasteiger partial charge in [-0.15, -0.1) is 0 Å². The highest BCUT2D eigenvalue weighted by Gasteiger charge is 2.45. The topological polar surface area (TPSA) is 164 Å². The summed E-state index contributed by atoms with van der Waals surface area (Å²) in [5.41, 5.74) is 2.61. The number of amides is 6. The van der Waals surface area contributed by atoms with Crippen molar-refractivity contribution >= 4 is 41.5 Å². The van der Waals surface area contributed by atoms with E-state index in [0.29, 0.717) is 55.9 Å². The van der Waals surface area contributed by atoms with Gasteiger partial charge in [-0.2, -0.15) is 13.2 Å². The number of nitrogens with zero attached hydrogens (tertiary/aromatic N) is 3. The molecule has 6 rings (SSSR count). The number of pyridine rings is 1. The van der Waals surface area contributed by atoms with Gasteiger partial charge in [-0.1, -0.05) is 36.4 Å². The second-order valence-electron chi connectivity index (χ2n) is 15.0. The number of benzene rings is 2. The molecule has 2 fully saturated rings. The number of aromatic nitrogens is 1. The lowest BCUT2D eigenvalue weighted by molar-refractivity contribution is -0.183. The maximum atomic E-state index is 13.1. The first-order valence-electron chi connectivity index (χ1n) is 19.6. The van der Waals surface area contributed by atoms with Gasteiger partial charge < -0.3 is 19.7 Å². The molecule has 13 nitrogen and oxygen atoms in total. The van der Waals surface area contributed by atoms with Crippen molar-refractivity contribution in [3.8, 4) is 11.5 Å². The summed E-state index contributed by atoms with van der Waals surface area (Å²) in [4.78, 5) is 82.7. The van der Waals surface area contributed by atoms with E-state index in [-0.39, 0.29) is 67.3 Å². The first-order valence-corrected chi connectivity index (χ1v) is 19.6. The van der Waals surface area contributed by atoms with E-state index in [1.807, 2.05) is 30.3 Å². The van der Waals surface area contributed by atoms with E-state index >= 15 is 0 Å². The average molecular weight is 818 g/mol. The van der Waals surface area contributed by atoms with Crippen molar-refractivity contribution in [1.82, 2.24) is 25.4 Å². The van der Waals surface area contributed by atoms with Gasteiger partial charge in [0, 0.05) is 32.1 Å². The molecule has 0 bridgehead atoms. The van der Waals surface area contributed by atoms with Gasteiger partial charge in [0.15, 0.2) is 0 Å². The fraction of sp³-hybridized carbons (Fsp3) is 0.419. The largest absolute Gasteiger partial charge is 0.495 e. The van der Waals surface area contributed by atoms with Crippen LogP contribution >= 0.6 is 0 Å². The van der Waals surface area contributed by atoms with E-state index in [2.05, 4.69) is 15.6 Å². The number of likely N-dealkylation sites (N-methyl/N-ethyl adjacent to an activating group) is 1. The van der Waals surface area contributed by atoms with Crippen molar-refractivity contribution in [2.45, 2.75) is 76.6 Å². The molecule has 3 aliphatic rings. The maximum absolute atomic E-state index is 13.1. The zero-order valence-corrected chi connectivity index (χ0v) is 32.8. The number of rotatable bonds is 15. The number of hydrogen-bond donors (Lipinski definition) is 2. The Morgan fingerprint density at radius 2 is 1.71 bits per heavy atom. The highest BCUT2D eigenvalue weighted by atomic mass is 19.4. The fourth-order valence-electron chi connectivity index (χ4n) is 7.50. The third-order valence-electron chi connectivity index (χ3n) is 10.9. The Kier molecular flexibility index (Phi) is 13.5. The zero-order chi connectivity index (χ0) is 42.3. The van der Waals surface area contributed by atoms with E-state index in [1.165, 1.54) is 25.4 Å². The molecule has 1 unspecified atom stereocenters. The van der Waals surface area contributed by atoms with Gasteiger partial charge in [-0.3, -0.25) is 39.0 Å². The molecule has 1 aliphatic carbocycles. The van der Waals surface area contributed by atoms with E-state index in [0.717, 1.165) is 16.0 Å². The monoisotopic (exact) mass is 817 g/mol. The van der Waals surface area contributed by atoms with Gasteiger partial charge in [0.05, 0.1) is 43.4 Å². The average Bonchev–Trinajstić information content (AvgIpc) is 3.46. The van der Waals surface area contributed by atoms with Crippen molar-refractivity contribution in [3.05, 3.63) is 94.3 Å². The smallest absolute Gasteiger partial charge is 0.391 e. The number of imide groups is 2. The van der Waals surface area contributed by atoms with Gasteiger partial charge in [0.25, 0.3) is 17.7 Å². The molecule has 3 aromatic rings. The Morgan fingerprint density at radius 1 is 0.966 bits per heavy atom. The second-order valence-corrected chi connectivity index (χ2v) is 15.0. The Balaban J connectivity index is 0.926. The highest BCUT2D eigenvalue weighted by molar-refractivity contribution is 6.23. The molecular weight excluding hydrogens is 771 g/mol. The molecule has 2 aliphatic heterocycles. The van der Waals surface area contributed by atoms with Gasteiger partial charge in [0.1, 0.15) is 23.2 Å². The minimum absolute atomic E-state index is 0.000263. The number of unbranched alkanes of at least 4 members (excludes halogenated alkanes) is 1. The molecule has 59 heavy (non-hydrogen) atoms. The number of alkyl halides is 3. The number of hydrogen-bond acceptors (Lipinski definition) is 9. The van der Waals surface area contributed by atoms with Crippen LogP contribution in [-0.4, -0.2) is 89.8 Å². The summed E-state index contributed by atoms with van der Waals surface area (Å²) < 4.78 is 50.4. The van der Waals surface area contributed by atoms with Crippen LogP contribution in [0, 0.1) is 11.8 Å².